The molecule has 66 valence electrons. The van der Waals surface area contributed by atoms with Gasteiger partial charge in [0.25, 0.3) is 6.43 Å². The number of hydrogen-bond acceptors (Lipinski definition) is 1. The molecule has 1 heterocycles. The number of hydrogen-bond donors (Lipinski definition) is 1. The molecule has 1 aromatic heterocycles. The quantitative estimate of drug-likeness (QED) is 0.804. The van der Waals surface area contributed by atoms with Crippen LogP contribution in [-0.4, -0.2) is 4.98 Å². The van der Waals surface area contributed by atoms with Crippen LogP contribution >= 0.6 is 15.9 Å². The molecule has 0 saturated carbocycles. The minimum Gasteiger partial charge on any atom is -0.319 e. The van der Waals surface area contributed by atoms with E-state index in [1.54, 1.807) is 4.98 Å². The first kappa shape index (κ1) is 9.31. The van der Waals surface area contributed by atoms with Gasteiger partial charge in [-0.2, -0.15) is 0 Å². The lowest BCUT2D eigenvalue weighted by Gasteiger charge is -2.01. The summed E-state index contributed by atoms with van der Waals surface area (Å²) >= 11 is 2.64. The Morgan fingerprint density at radius 2 is 2.08 bits per heavy atom. The van der Waals surface area contributed by atoms with Crippen LogP contribution in [0.1, 0.15) is 12.1 Å². The van der Waals surface area contributed by atoms with Gasteiger partial charge in [0.1, 0.15) is 5.69 Å². The number of halogens is 4. The molecule has 0 atom stereocenters. The van der Waals surface area contributed by atoms with Gasteiger partial charge in [0.2, 0.25) is 5.56 Å². The predicted molar refractivity (Wildman–Crippen MR) is 39.7 cm³/mol. The Morgan fingerprint density at radius 3 is 2.58 bits per heavy atom. The van der Waals surface area contributed by atoms with Gasteiger partial charge in [-0.1, -0.05) is 0 Å². The lowest BCUT2D eigenvalue weighted by atomic mass is 10.3. The average molecular weight is 242 g/mol. The smallest absolute Gasteiger partial charge is 0.281 e. The molecule has 1 N–H and O–H groups in total. The predicted octanol–water partition coefficient (Wildman–Crippen LogP) is 2.21. The fourth-order valence-corrected chi connectivity index (χ4v) is 1.10. The van der Waals surface area contributed by atoms with E-state index in [0.29, 0.717) is 0 Å². The maximum atomic E-state index is 12.7. The summed E-state index contributed by atoms with van der Waals surface area (Å²) in [7, 11) is 0. The second kappa shape index (κ2) is 3.30. The highest BCUT2D eigenvalue weighted by atomic mass is 79.9. The molecule has 0 radical (unpaired) electrons. The molecule has 0 spiro atoms. The first-order chi connectivity index (χ1) is 5.52. The van der Waals surface area contributed by atoms with E-state index in [1.165, 1.54) is 0 Å². The van der Waals surface area contributed by atoms with Crippen LogP contribution in [0.2, 0.25) is 0 Å². The number of H-pyrrole nitrogens is 1. The zero-order chi connectivity index (χ0) is 9.30. The summed E-state index contributed by atoms with van der Waals surface area (Å²) in [4.78, 5) is 12.3. The molecule has 1 rings (SSSR count). The second-order valence-electron chi connectivity index (χ2n) is 2.01. The van der Waals surface area contributed by atoms with Gasteiger partial charge in [-0.05, 0) is 15.9 Å². The van der Waals surface area contributed by atoms with Gasteiger partial charge < -0.3 is 4.98 Å². The Kier molecular flexibility index (Phi) is 2.56. The summed E-state index contributed by atoms with van der Waals surface area (Å²) in [6, 6.07) is 0.848. The molecule has 0 aromatic carbocycles. The Bertz CT molecular complexity index is 349. The summed E-state index contributed by atoms with van der Waals surface area (Å²) in [5.41, 5.74) is -1.76. The number of nitrogens with one attached hydrogen (secondary N) is 1. The van der Waals surface area contributed by atoms with Gasteiger partial charge in [0.15, 0.2) is 5.82 Å². The van der Waals surface area contributed by atoms with Gasteiger partial charge >= 0.3 is 0 Å². The van der Waals surface area contributed by atoms with Crippen molar-refractivity contribution in [2.24, 2.45) is 0 Å². The van der Waals surface area contributed by atoms with Crippen molar-refractivity contribution in [3.05, 3.63) is 32.4 Å². The van der Waals surface area contributed by atoms with Crippen molar-refractivity contribution in [3.63, 3.8) is 0 Å². The fraction of sp³-hybridized carbons (Fsp3) is 0.167. The van der Waals surface area contributed by atoms with Crippen molar-refractivity contribution in [1.82, 2.24) is 4.98 Å². The Hall–Kier alpha value is -0.780. The Labute approximate surface area is 73.5 Å². The van der Waals surface area contributed by atoms with Crippen molar-refractivity contribution in [2.75, 3.05) is 0 Å². The normalized spacial score (nSPS) is 10.8. The summed E-state index contributed by atoms with van der Waals surface area (Å²) in [6.07, 6.45) is -3.02. The molecule has 6 heteroatoms. The van der Waals surface area contributed by atoms with Gasteiger partial charge in [-0.25, -0.2) is 13.2 Å². The third-order valence-corrected chi connectivity index (χ3v) is 1.76. The van der Waals surface area contributed by atoms with Crippen LogP contribution in [-0.2, 0) is 0 Å². The molecule has 0 aliphatic rings. The van der Waals surface area contributed by atoms with E-state index < -0.39 is 23.5 Å². The van der Waals surface area contributed by atoms with E-state index in [-0.39, 0.29) is 4.47 Å². The molecule has 2 nitrogen and oxygen atoms in total. The standard InChI is InChI=1S/C6H3BrF3NO/c7-2-1-3(12)11-5(4(2)8)6(9)10/h1,6H,(H,11,12). The molecular formula is C6H3BrF3NO. The number of rotatable bonds is 1. The van der Waals surface area contributed by atoms with Crippen molar-refractivity contribution < 1.29 is 13.2 Å². The van der Waals surface area contributed by atoms with Crippen LogP contribution in [0.5, 0.6) is 0 Å². The highest BCUT2D eigenvalue weighted by Gasteiger charge is 2.16. The van der Waals surface area contributed by atoms with Crippen LogP contribution < -0.4 is 5.56 Å². The maximum Gasteiger partial charge on any atom is 0.281 e. The van der Waals surface area contributed by atoms with Crippen molar-refractivity contribution >= 4 is 15.9 Å². The number of aromatic amines is 1. The zero-order valence-corrected chi connectivity index (χ0v) is 7.16. The van der Waals surface area contributed by atoms with Crippen LogP contribution in [0.25, 0.3) is 0 Å². The summed E-state index contributed by atoms with van der Waals surface area (Å²) in [6.45, 7) is 0. The molecule has 0 unspecified atom stereocenters. The lowest BCUT2D eigenvalue weighted by molar-refractivity contribution is 0.140. The van der Waals surface area contributed by atoms with E-state index in [1.807, 2.05) is 0 Å². The minimum atomic E-state index is -3.02. The van der Waals surface area contributed by atoms with Crippen LogP contribution in [0, 0.1) is 5.82 Å². The molecule has 0 bridgehead atoms. The number of alkyl halides is 2. The molecular weight excluding hydrogens is 239 g/mol. The molecule has 0 saturated heterocycles. The molecule has 0 fully saturated rings. The Morgan fingerprint density at radius 1 is 1.50 bits per heavy atom. The third-order valence-electron chi connectivity index (χ3n) is 1.18. The van der Waals surface area contributed by atoms with Gasteiger partial charge in [-0.15, -0.1) is 0 Å². The van der Waals surface area contributed by atoms with E-state index in [4.69, 9.17) is 0 Å². The summed E-state index contributed by atoms with van der Waals surface area (Å²) in [5, 5.41) is 0. The molecule has 1 aromatic rings. The third kappa shape index (κ3) is 1.69. The van der Waals surface area contributed by atoms with Crippen LogP contribution in [0.15, 0.2) is 15.3 Å². The van der Waals surface area contributed by atoms with Crippen molar-refractivity contribution in [2.45, 2.75) is 6.43 Å². The number of aromatic nitrogens is 1. The van der Waals surface area contributed by atoms with Crippen LogP contribution in [0.3, 0.4) is 0 Å². The topological polar surface area (TPSA) is 32.9 Å². The van der Waals surface area contributed by atoms with Crippen molar-refractivity contribution in [1.29, 1.82) is 0 Å². The van der Waals surface area contributed by atoms with Crippen LogP contribution in [0.4, 0.5) is 13.2 Å². The van der Waals surface area contributed by atoms with E-state index >= 15 is 0 Å². The zero-order valence-electron chi connectivity index (χ0n) is 5.57. The average Bonchev–Trinajstić information content (AvgIpc) is 1.96. The fourth-order valence-electron chi connectivity index (χ4n) is 0.681. The van der Waals surface area contributed by atoms with Gasteiger partial charge in [0, 0.05) is 6.07 Å². The largest absolute Gasteiger partial charge is 0.319 e. The lowest BCUT2D eigenvalue weighted by Crippen LogP contribution is -2.10. The highest BCUT2D eigenvalue weighted by molar-refractivity contribution is 9.10. The SMILES string of the molecule is O=c1cc(Br)c(F)c(C(F)F)[nH]1. The first-order valence-electron chi connectivity index (χ1n) is 2.88. The molecule has 12 heavy (non-hydrogen) atoms. The highest BCUT2D eigenvalue weighted by Crippen LogP contribution is 2.22. The summed E-state index contributed by atoms with van der Waals surface area (Å²) < 4.78 is 36.4. The Balaban J connectivity index is 3.38. The van der Waals surface area contributed by atoms with Gasteiger partial charge in [0.05, 0.1) is 4.47 Å². The molecule has 0 aliphatic carbocycles. The molecule has 0 amide bonds. The maximum absolute atomic E-state index is 12.7. The monoisotopic (exact) mass is 241 g/mol. The minimum absolute atomic E-state index is 0.262. The van der Waals surface area contributed by atoms with Gasteiger partial charge in [-0.3, -0.25) is 4.79 Å². The molecule has 0 aliphatic heterocycles. The first-order valence-corrected chi connectivity index (χ1v) is 3.68. The van der Waals surface area contributed by atoms with E-state index in [0.717, 1.165) is 6.07 Å². The number of pyridine rings is 1. The van der Waals surface area contributed by atoms with Crippen molar-refractivity contribution in [3.8, 4) is 0 Å². The van der Waals surface area contributed by atoms with E-state index in [9.17, 15) is 18.0 Å². The van der Waals surface area contributed by atoms with E-state index in [2.05, 4.69) is 15.9 Å². The second-order valence-corrected chi connectivity index (χ2v) is 2.86. The summed E-state index contributed by atoms with van der Waals surface area (Å²) in [5.74, 6) is -1.13.